The lowest BCUT2D eigenvalue weighted by Gasteiger charge is -2.07. The minimum absolute atomic E-state index is 0.163. The Morgan fingerprint density at radius 1 is 0.944 bits per heavy atom. The molecular formula is C8H17N7O3. The normalized spacial score (nSPS) is 11.4. The minimum Gasteiger partial charge on any atom is -0.379 e. The van der Waals surface area contributed by atoms with Gasteiger partial charge in [-0.2, -0.15) is 0 Å². The van der Waals surface area contributed by atoms with Crippen LogP contribution in [0.3, 0.4) is 0 Å². The summed E-state index contributed by atoms with van der Waals surface area (Å²) < 4.78 is 15.4. The molecule has 0 aromatic rings. The van der Waals surface area contributed by atoms with Gasteiger partial charge in [0.25, 0.3) is 0 Å². The molecule has 0 saturated carbocycles. The van der Waals surface area contributed by atoms with E-state index >= 15 is 0 Å². The highest BCUT2D eigenvalue weighted by molar-refractivity contribution is 4.56. The van der Waals surface area contributed by atoms with Crippen molar-refractivity contribution in [1.82, 2.24) is 0 Å². The van der Waals surface area contributed by atoms with Gasteiger partial charge in [0, 0.05) is 16.4 Å². The quantitative estimate of drug-likeness (QED) is 0.240. The number of hydrogen-bond donors (Lipinski definition) is 1. The molecule has 1 unspecified atom stereocenters. The van der Waals surface area contributed by atoms with Crippen LogP contribution < -0.4 is 5.73 Å². The molecule has 0 fully saturated rings. The molecule has 10 heteroatoms. The zero-order valence-electron chi connectivity index (χ0n) is 10.0. The molecule has 0 aliphatic carbocycles. The summed E-state index contributed by atoms with van der Waals surface area (Å²) in [6.45, 7) is 2.50. The summed E-state index contributed by atoms with van der Waals surface area (Å²) in [7, 11) is 0. The van der Waals surface area contributed by atoms with Crippen LogP contribution in [0, 0.1) is 0 Å². The molecule has 1 atom stereocenters. The van der Waals surface area contributed by atoms with Crippen LogP contribution in [0.25, 0.3) is 20.9 Å². The molecule has 0 amide bonds. The van der Waals surface area contributed by atoms with E-state index in [-0.39, 0.29) is 6.61 Å². The van der Waals surface area contributed by atoms with Crippen LogP contribution in [0.5, 0.6) is 0 Å². The summed E-state index contributed by atoms with van der Waals surface area (Å²) in [5, 5.41) is 6.56. The molecule has 18 heavy (non-hydrogen) atoms. The van der Waals surface area contributed by atoms with Gasteiger partial charge in [0.1, 0.15) is 6.17 Å². The molecule has 0 aromatic heterocycles. The van der Waals surface area contributed by atoms with Gasteiger partial charge < -0.3 is 19.9 Å². The molecule has 0 aliphatic heterocycles. The summed E-state index contributed by atoms with van der Waals surface area (Å²) in [5.74, 6) is 0. The van der Waals surface area contributed by atoms with Crippen molar-refractivity contribution >= 4 is 0 Å². The molecular weight excluding hydrogens is 242 g/mol. The van der Waals surface area contributed by atoms with Gasteiger partial charge in [-0.15, -0.1) is 0 Å². The maximum atomic E-state index is 8.07. The summed E-state index contributed by atoms with van der Waals surface area (Å²) >= 11 is 0. The molecule has 2 N–H and O–H groups in total. The molecule has 0 aliphatic rings. The van der Waals surface area contributed by atoms with Crippen LogP contribution in [0.15, 0.2) is 10.2 Å². The van der Waals surface area contributed by atoms with E-state index < -0.39 is 6.17 Å². The monoisotopic (exact) mass is 259 g/mol. The van der Waals surface area contributed by atoms with Crippen LogP contribution in [-0.2, 0) is 14.2 Å². The molecule has 0 spiro atoms. The van der Waals surface area contributed by atoms with Crippen LogP contribution in [0.4, 0.5) is 0 Å². The predicted molar refractivity (Wildman–Crippen MR) is 63.6 cm³/mol. The van der Waals surface area contributed by atoms with Crippen molar-refractivity contribution in [3.63, 3.8) is 0 Å². The lowest BCUT2D eigenvalue weighted by atomic mass is 10.6. The van der Waals surface area contributed by atoms with Gasteiger partial charge in [-0.25, -0.2) is 0 Å². The molecule has 0 bridgehead atoms. The maximum Gasteiger partial charge on any atom is 0.107 e. The van der Waals surface area contributed by atoms with Crippen molar-refractivity contribution in [2.24, 2.45) is 16.0 Å². The van der Waals surface area contributed by atoms with Crippen molar-refractivity contribution in [2.45, 2.75) is 6.17 Å². The van der Waals surface area contributed by atoms with Crippen LogP contribution in [0.2, 0.25) is 0 Å². The average Bonchev–Trinajstić information content (AvgIpc) is 2.36. The molecule has 102 valence electrons. The van der Waals surface area contributed by atoms with Crippen molar-refractivity contribution < 1.29 is 14.2 Å². The third-order valence-electron chi connectivity index (χ3n) is 1.63. The largest absolute Gasteiger partial charge is 0.379 e. The lowest BCUT2D eigenvalue weighted by Crippen LogP contribution is -2.24. The Labute approximate surface area is 104 Å². The second-order valence-electron chi connectivity index (χ2n) is 3.03. The number of rotatable bonds is 12. The first-order valence-electron chi connectivity index (χ1n) is 5.35. The first-order valence-corrected chi connectivity index (χ1v) is 5.35. The first-order chi connectivity index (χ1) is 8.81. The second kappa shape index (κ2) is 13.5. The third-order valence-corrected chi connectivity index (χ3v) is 1.63. The fraction of sp³-hybridized carbons (Fsp3) is 1.00. The Kier molecular flexibility index (Phi) is 12.4. The van der Waals surface area contributed by atoms with E-state index in [4.69, 9.17) is 31.0 Å². The van der Waals surface area contributed by atoms with Gasteiger partial charge in [0.15, 0.2) is 0 Å². The average molecular weight is 259 g/mol. The molecule has 0 aromatic carbocycles. The van der Waals surface area contributed by atoms with E-state index in [1.165, 1.54) is 0 Å². The zero-order valence-corrected chi connectivity index (χ0v) is 10.0. The molecule has 0 rings (SSSR count). The highest BCUT2D eigenvalue weighted by atomic mass is 16.5. The van der Waals surface area contributed by atoms with E-state index in [1.807, 2.05) is 0 Å². The predicted octanol–water partition coefficient (Wildman–Crippen LogP) is 0.942. The van der Waals surface area contributed by atoms with Gasteiger partial charge in [-0.05, 0) is 11.1 Å². The number of ether oxygens (including phenoxy) is 3. The summed E-state index contributed by atoms with van der Waals surface area (Å²) in [5.41, 5.74) is 21.4. The lowest BCUT2D eigenvalue weighted by molar-refractivity contribution is 0.0137. The third kappa shape index (κ3) is 12.5. The highest BCUT2D eigenvalue weighted by Gasteiger charge is 1.97. The summed E-state index contributed by atoms with van der Waals surface area (Å²) in [6.07, 6.45) is -0.668. The smallest absolute Gasteiger partial charge is 0.107 e. The molecule has 0 radical (unpaired) electrons. The standard InChI is InChI=1S/C8H17N7O3/c9-8(13-15-11)7-18-6-5-17-4-3-16-2-1-12-14-10/h8H,1-7,9H2. The zero-order chi connectivity index (χ0) is 13.5. The van der Waals surface area contributed by atoms with E-state index in [0.717, 1.165) is 0 Å². The van der Waals surface area contributed by atoms with Crippen LogP contribution >= 0.6 is 0 Å². The summed E-state index contributed by atoms with van der Waals surface area (Å²) in [4.78, 5) is 5.14. The van der Waals surface area contributed by atoms with E-state index in [1.54, 1.807) is 0 Å². The summed E-state index contributed by atoms with van der Waals surface area (Å²) in [6, 6.07) is 0. The van der Waals surface area contributed by atoms with Crippen molar-refractivity contribution in [3.8, 4) is 0 Å². The first kappa shape index (κ1) is 16.5. The Bertz CT molecular complexity index is 288. The molecule has 10 nitrogen and oxygen atoms in total. The molecule has 0 heterocycles. The SMILES string of the molecule is [N-]=[N+]=NCCOCCOCCOCC(N)N=[N+]=[N-]. The van der Waals surface area contributed by atoms with Crippen LogP contribution in [-0.4, -0.2) is 52.4 Å². The fourth-order valence-electron chi connectivity index (χ4n) is 0.894. The Hall–Kier alpha value is -1.54. The van der Waals surface area contributed by atoms with Gasteiger partial charge in [-0.1, -0.05) is 10.2 Å². The second-order valence-corrected chi connectivity index (χ2v) is 3.03. The van der Waals surface area contributed by atoms with Gasteiger partial charge >= 0.3 is 0 Å². The topological polar surface area (TPSA) is 151 Å². The van der Waals surface area contributed by atoms with Gasteiger partial charge in [0.2, 0.25) is 0 Å². The van der Waals surface area contributed by atoms with E-state index in [9.17, 15) is 0 Å². The highest BCUT2D eigenvalue weighted by Crippen LogP contribution is 1.86. The number of hydrogen-bond acceptors (Lipinski definition) is 6. The van der Waals surface area contributed by atoms with Crippen molar-refractivity contribution in [3.05, 3.63) is 20.9 Å². The molecule has 0 saturated heterocycles. The van der Waals surface area contributed by atoms with Crippen molar-refractivity contribution in [2.75, 3.05) is 46.2 Å². The fourth-order valence-corrected chi connectivity index (χ4v) is 0.894. The Balaban J connectivity index is 3.11. The minimum atomic E-state index is -0.668. The number of nitrogens with zero attached hydrogens (tertiary/aromatic N) is 6. The van der Waals surface area contributed by atoms with E-state index in [2.05, 4.69) is 20.1 Å². The van der Waals surface area contributed by atoms with Gasteiger partial charge in [0.05, 0.1) is 39.6 Å². The number of nitrogens with two attached hydrogens (primary N) is 1. The van der Waals surface area contributed by atoms with Gasteiger partial charge in [-0.3, -0.25) is 0 Å². The maximum absolute atomic E-state index is 8.07. The van der Waals surface area contributed by atoms with Crippen molar-refractivity contribution in [1.29, 1.82) is 0 Å². The Morgan fingerprint density at radius 2 is 1.56 bits per heavy atom. The van der Waals surface area contributed by atoms with Crippen LogP contribution in [0.1, 0.15) is 0 Å². The number of azide groups is 2. The Morgan fingerprint density at radius 3 is 2.17 bits per heavy atom. The van der Waals surface area contributed by atoms with E-state index in [0.29, 0.717) is 39.6 Å².